The van der Waals surface area contributed by atoms with Crippen LogP contribution in [0.3, 0.4) is 0 Å². The Morgan fingerprint density at radius 2 is 1.30 bits per heavy atom. The fraction of sp³-hybridized carbons (Fsp3) is 0.125. The van der Waals surface area contributed by atoms with E-state index < -0.39 is 0 Å². The fourth-order valence-electron chi connectivity index (χ4n) is 2.34. The van der Waals surface area contributed by atoms with Crippen molar-refractivity contribution in [3.05, 3.63) is 104 Å². The molecule has 0 saturated heterocycles. The minimum absolute atomic E-state index is 0.257. The molecule has 0 saturated carbocycles. The zero-order valence-corrected chi connectivity index (χ0v) is 19.7. The van der Waals surface area contributed by atoms with Gasteiger partial charge in [0, 0.05) is 16.2 Å². The van der Waals surface area contributed by atoms with Crippen LogP contribution in [0.25, 0.3) is 0 Å². The molecule has 6 heteroatoms. The zero-order valence-electron chi connectivity index (χ0n) is 16.4. The smallest absolute Gasteiger partial charge is 0.190 e. The number of aliphatic imine (C=N–C) groups is 1. The molecule has 3 aromatic rings. The standard InChI is InChI=1S/C24H23NOS4/c1-2-18-26-23(25-20-12-6-3-7-13-20)19-24(29-27-21-14-8-4-9-15-21)30-28-22-16-10-5-11-17-22/h2-17,24H,1,18-19H2/b25-23-. The third kappa shape index (κ3) is 8.56. The van der Waals surface area contributed by atoms with Gasteiger partial charge in [-0.05, 0) is 36.4 Å². The Balaban J connectivity index is 1.71. The zero-order chi connectivity index (χ0) is 20.9. The molecule has 154 valence electrons. The molecular weight excluding hydrogens is 447 g/mol. The highest BCUT2D eigenvalue weighted by Gasteiger charge is 2.17. The molecule has 3 aromatic carbocycles. The van der Waals surface area contributed by atoms with Gasteiger partial charge in [-0.1, -0.05) is 110 Å². The van der Waals surface area contributed by atoms with Gasteiger partial charge in [0.1, 0.15) is 6.61 Å². The van der Waals surface area contributed by atoms with Gasteiger partial charge in [0.25, 0.3) is 0 Å². The van der Waals surface area contributed by atoms with Crippen LogP contribution in [0.15, 0.2) is 118 Å². The number of rotatable bonds is 11. The molecule has 0 amide bonds. The summed E-state index contributed by atoms with van der Waals surface area (Å²) in [6.45, 7) is 4.22. The lowest BCUT2D eigenvalue weighted by molar-refractivity contribution is 0.341. The van der Waals surface area contributed by atoms with Gasteiger partial charge in [-0.25, -0.2) is 4.99 Å². The Morgan fingerprint density at radius 3 is 1.80 bits per heavy atom. The summed E-state index contributed by atoms with van der Waals surface area (Å²) in [5.74, 6) is 0.730. The van der Waals surface area contributed by atoms with Crippen LogP contribution in [0.5, 0.6) is 0 Å². The highest BCUT2D eigenvalue weighted by molar-refractivity contribution is 8.85. The number of hydrogen-bond donors (Lipinski definition) is 0. The maximum absolute atomic E-state index is 5.92. The molecule has 0 atom stereocenters. The van der Waals surface area contributed by atoms with Crippen LogP contribution in [0.4, 0.5) is 5.69 Å². The molecule has 0 heterocycles. The highest BCUT2D eigenvalue weighted by Crippen LogP contribution is 2.47. The van der Waals surface area contributed by atoms with Crippen molar-refractivity contribution in [1.82, 2.24) is 0 Å². The van der Waals surface area contributed by atoms with Crippen molar-refractivity contribution in [3.63, 3.8) is 0 Å². The first-order valence-electron chi connectivity index (χ1n) is 9.46. The summed E-state index contributed by atoms with van der Waals surface area (Å²) in [6, 6.07) is 30.8. The van der Waals surface area contributed by atoms with E-state index in [4.69, 9.17) is 9.73 Å². The Kier molecular flexibility index (Phi) is 10.4. The van der Waals surface area contributed by atoms with E-state index in [1.807, 2.05) is 64.1 Å². The van der Waals surface area contributed by atoms with Crippen molar-refractivity contribution in [2.45, 2.75) is 20.8 Å². The predicted octanol–water partition coefficient (Wildman–Crippen LogP) is 8.52. The summed E-state index contributed by atoms with van der Waals surface area (Å²) in [4.78, 5) is 7.23. The van der Waals surface area contributed by atoms with E-state index in [1.165, 1.54) is 9.79 Å². The van der Waals surface area contributed by atoms with Crippen molar-refractivity contribution in [2.24, 2.45) is 4.99 Å². The molecule has 0 N–H and O–H groups in total. The normalized spacial score (nSPS) is 11.4. The lowest BCUT2D eigenvalue weighted by Crippen LogP contribution is -2.10. The number of ether oxygens (including phenoxy) is 1. The molecule has 0 aliphatic rings. The molecule has 0 spiro atoms. The van der Waals surface area contributed by atoms with Gasteiger partial charge in [0.05, 0.1) is 10.3 Å². The fourth-order valence-corrected chi connectivity index (χ4v) is 8.11. The van der Waals surface area contributed by atoms with Crippen molar-refractivity contribution >= 4 is 54.8 Å². The van der Waals surface area contributed by atoms with Gasteiger partial charge in [-0.3, -0.25) is 0 Å². The quantitative estimate of drug-likeness (QED) is 0.0920. The second-order valence-electron chi connectivity index (χ2n) is 6.06. The van der Waals surface area contributed by atoms with Crippen molar-refractivity contribution in [2.75, 3.05) is 6.61 Å². The van der Waals surface area contributed by atoms with Crippen LogP contribution in [-0.2, 0) is 4.74 Å². The third-order valence-electron chi connectivity index (χ3n) is 3.71. The number of hydrogen-bond acceptors (Lipinski definition) is 6. The van der Waals surface area contributed by atoms with E-state index in [0.29, 0.717) is 6.61 Å². The van der Waals surface area contributed by atoms with Crippen molar-refractivity contribution in [3.8, 4) is 0 Å². The third-order valence-corrected chi connectivity index (χ3v) is 10.0. The van der Waals surface area contributed by atoms with Crippen LogP contribution in [0.2, 0.25) is 0 Å². The maximum atomic E-state index is 5.92. The minimum Gasteiger partial charge on any atom is -0.476 e. The minimum atomic E-state index is 0.257. The molecule has 0 aromatic heterocycles. The molecule has 0 unspecified atom stereocenters. The Bertz CT molecular complexity index is 861. The monoisotopic (exact) mass is 469 g/mol. The second kappa shape index (κ2) is 13.5. The van der Waals surface area contributed by atoms with Crippen LogP contribution in [0, 0.1) is 0 Å². The first-order chi connectivity index (χ1) is 14.8. The predicted molar refractivity (Wildman–Crippen MR) is 138 cm³/mol. The summed E-state index contributed by atoms with van der Waals surface area (Å²) >= 11 is 0. The van der Waals surface area contributed by atoms with Crippen molar-refractivity contribution in [1.29, 1.82) is 0 Å². The first-order valence-corrected chi connectivity index (χ1v) is 13.9. The second-order valence-corrected chi connectivity index (χ2v) is 11.3. The number of para-hydroxylation sites is 1. The van der Waals surface area contributed by atoms with Gasteiger partial charge in [0.2, 0.25) is 0 Å². The maximum Gasteiger partial charge on any atom is 0.190 e. The van der Waals surface area contributed by atoms with Gasteiger partial charge >= 0.3 is 0 Å². The van der Waals surface area contributed by atoms with Gasteiger partial charge in [-0.15, -0.1) is 0 Å². The topological polar surface area (TPSA) is 21.6 Å². The molecule has 30 heavy (non-hydrogen) atoms. The van der Waals surface area contributed by atoms with Crippen LogP contribution in [0.1, 0.15) is 6.42 Å². The van der Waals surface area contributed by atoms with E-state index in [2.05, 4.69) is 55.1 Å². The number of benzene rings is 3. The Morgan fingerprint density at radius 1 is 0.800 bits per heavy atom. The molecule has 0 radical (unpaired) electrons. The van der Waals surface area contributed by atoms with Crippen LogP contribution >= 0.6 is 43.2 Å². The molecule has 0 aliphatic carbocycles. The molecule has 2 nitrogen and oxygen atoms in total. The van der Waals surface area contributed by atoms with Crippen LogP contribution in [-0.4, -0.2) is 17.1 Å². The van der Waals surface area contributed by atoms with Crippen molar-refractivity contribution < 1.29 is 4.74 Å². The average molecular weight is 470 g/mol. The molecule has 0 aliphatic heterocycles. The lowest BCUT2D eigenvalue weighted by Gasteiger charge is -2.16. The average Bonchev–Trinajstić information content (AvgIpc) is 2.81. The van der Waals surface area contributed by atoms with E-state index in [1.54, 1.807) is 27.7 Å². The number of nitrogens with zero attached hydrogens (tertiary/aromatic N) is 1. The molecule has 0 fully saturated rings. The largest absolute Gasteiger partial charge is 0.476 e. The van der Waals surface area contributed by atoms with Gasteiger partial charge in [-0.2, -0.15) is 0 Å². The lowest BCUT2D eigenvalue weighted by atomic mass is 10.3. The van der Waals surface area contributed by atoms with Gasteiger partial charge in [0.15, 0.2) is 5.90 Å². The van der Waals surface area contributed by atoms with Crippen LogP contribution < -0.4 is 0 Å². The molecule has 0 bridgehead atoms. The molecular formula is C24H23NOS4. The highest BCUT2D eigenvalue weighted by atomic mass is 33.1. The summed E-state index contributed by atoms with van der Waals surface area (Å²) in [7, 11) is 7.25. The first kappa shape index (κ1) is 22.9. The van der Waals surface area contributed by atoms with E-state index in [-0.39, 0.29) is 4.58 Å². The van der Waals surface area contributed by atoms with Gasteiger partial charge < -0.3 is 4.74 Å². The van der Waals surface area contributed by atoms with E-state index in [9.17, 15) is 0 Å². The summed E-state index contributed by atoms with van der Waals surface area (Å²) in [5, 5.41) is 0. The summed E-state index contributed by atoms with van der Waals surface area (Å²) < 4.78 is 6.17. The molecule has 3 rings (SSSR count). The van der Waals surface area contributed by atoms with E-state index >= 15 is 0 Å². The van der Waals surface area contributed by atoms with E-state index in [0.717, 1.165) is 18.0 Å². The Labute approximate surface area is 194 Å². The SMILES string of the molecule is C=CCO/C(CC(SSc1ccccc1)SSc1ccccc1)=N\c1ccccc1. The summed E-state index contributed by atoms with van der Waals surface area (Å²) in [5.41, 5.74) is 0.900. The Hall–Kier alpha value is -1.73. The summed E-state index contributed by atoms with van der Waals surface area (Å²) in [6.07, 6.45) is 2.48.